The molecule has 0 unspecified atom stereocenters. The molecule has 7 heteroatoms. The minimum absolute atomic E-state index is 0.0475. The summed E-state index contributed by atoms with van der Waals surface area (Å²) in [4.78, 5) is 14.8. The molecule has 0 radical (unpaired) electrons. The van der Waals surface area contributed by atoms with Gasteiger partial charge in [0.05, 0.1) is 18.1 Å². The predicted molar refractivity (Wildman–Crippen MR) is 72.2 cm³/mol. The Hall–Kier alpha value is -1.79. The molecule has 0 aromatic heterocycles. The van der Waals surface area contributed by atoms with Gasteiger partial charge in [-0.1, -0.05) is 11.6 Å². The molecule has 2 rings (SSSR count). The summed E-state index contributed by atoms with van der Waals surface area (Å²) in [5.41, 5.74) is 0.314. The molecule has 20 heavy (non-hydrogen) atoms. The SMILES string of the molecule is C[C@H]1OC(c2cc(Cl)ccc2O)=N[C@@H]1[C@@H](O)CC(=O)O. The van der Waals surface area contributed by atoms with Crippen molar-refractivity contribution < 1.29 is 24.9 Å². The number of aliphatic hydroxyl groups is 1. The van der Waals surface area contributed by atoms with Crippen LogP contribution in [-0.4, -0.2) is 45.4 Å². The Kier molecular flexibility index (Phi) is 4.15. The third kappa shape index (κ3) is 3.02. The van der Waals surface area contributed by atoms with E-state index in [-0.39, 0.29) is 11.6 Å². The molecule has 0 spiro atoms. The molecule has 1 aromatic carbocycles. The maximum absolute atomic E-state index is 10.6. The van der Waals surface area contributed by atoms with E-state index in [0.717, 1.165) is 0 Å². The fourth-order valence-corrected chi connectivity index (χ4v) is 2.20. The molecule has 6 nitrogen and oxygen atoms in total. The monoisotopic (exact) mass is 299 g/mol. The van der Waals surface area contributed by atoms with Crippen molar-refractivity contribution >= 4 is 23.5 Å². The number of carboxylic acids is 1. The van der Waals surface area contributed by atoms with Crippen LogP contribution in [-0.2, 0) is 9.53 Å². The van der Waals surface area contributed by atoms with Gasteiger partial charge in [0.15, 0.2) is 0 Å². The summed E-state index contributed by atoms with van der Waals surface area (Å²) in [5, 5.41) is 28.7. The first-order chi connectivity index (χ1) is 9.38. The van der Waals surface area contributed by atoms with Crippen LogP contribution in [0.5, 0.6) is 5.75 Å². The molecule has 1 aliphatic rings. The Balaban J connectivity index is 2.26. The van der Waals surface area contributed by atoms with Crippen LogP contribution in [0.2, 0.25) is 5.02 Å². The van der Waals surface area contributed by atoms with Crippen molar-refractivity contribution in [2.45, 2.75) is 31.6 Å². The van der Waals surface area contributed by atoms with Crippen molar-refractivity contribution in [3.05, 3.63) is 28.8 Å². The molecule has 0 aliphatic carbocycles. The van der Waals surface area contributed by atoms with Crippen LogP contribution >= 0.6 is 11.6 Å². The average Bonchev–Trinajstić information content (AvgIpc) is 2.73. The van der Waals surface area contributed by atoms with Gasteiger partial charge in [-0.2, -0.15) is 0 Å². The summed E-state index contributed by atoms with van der Waals surface area (Å²) in [6.45, 7) is 1.67. The van der Waals surface area contributed by atoms with Crippen molar-refractivity contribution in [2.24, 2.45) is 4.99 Å². The zero-order chi connectivity index (χ0) is 14.9. The number of aliphatic hydroxyl groups excluding tert-OH is 1. The third-order valence-electron chi connectivity index (χ3n) is 3.01. The van der Waals surface area contributed by atoms with E-state index in [1.165, 1.54) is 18.2 Å². The van der Waals surface area contributed by atoms with Gasteiger partial charge >= 0.3 is 5.97 Å². The van der Waals surface area contributed by atoms with Crippen LogP contribution in [0.4, 0.5) is 0 Å². The molecule has 0 amide bonds. The number of halogens is 1. The highest BCUT2D eigenvalue weighted by molar-refractivity contribution is 6.31. The number of aliphatic imine (C=N–C) groups is 1. The number of carbonyl (C=O) groups is 1. The number of aromatic hydroxyl groups is 1. The molecule has 0 saturated heterocycles. The van der Waals surface area contributed by atoms with Gasteiger partial charge < -0.3 is 20.1 Å². The Labute approximate surface area is 120 Å². The number of rotatable bonds is 4. The topological polar surface area (TPSA) is 99.4 Å². The van der Waals surface area contributed by atoms with Crippen molar-refractivity contribution in [1.82, 2.24) is 0 Å². The predicted octanol–water partition coefficient (Wildman–Crippen LogP) is 1.42. The Morgan fingerprint density at radius 2 is 2.25 bits per heavy atom. The number of benzene rings is 1. The minimum atomic E-state index is -1.15. The molecule has 0 bridgehead atoms. The van der Waals surface area contributed by atoms with E-state index in [0.29, 0.717) is 10.6 Å². The second-order valence-electron chi connectivity index (χ2n) is 4.57. The quantitative estimate of drug-likeness (QED) is 0.781. The molecule has 3 N–H and O–H groups in total. The number of phenolic OH excluding ortho intramolecular Hbond substituents is 1. The van der Waals surface area contributed by atoms with Crippen LogP contribution in [0, 0.1) is 0 Å². The average molecular weight is 300 g/mol. The van der Waals surface area contributed by atoms with Gasteiger partial charge in [0.25, 0.3) is 0 Å². The second-order valence-corrected chi connectivity index (χ2v) is 5.01. The summed E-state index contributed by atoms with van der Waals surface area (Å²) in [6.07, 6.45) is -2.06. The van der Waals surface area contributed by atoms with Gasteiger partial charge in [-0.3, -0.25) is 4.79 Å². The number of aliphatic carboxylic acids is 1. The fraction of sp³-hybridized carbons (Fsp3) is 0.385. The molecular formula is C13H14ClNO5. The zero-order valence-corrected chi connectivity index (χ0v) is 11.4. The molecule has 1 heterocycles. The highest BCUT2D eigenvalue weighted by Gasteiger charge is 2.35. The van der Waals surface area contributed by atoms with Crippen LogP contribution in [0.1, 0.15) is 18.9 Å². The van der Waals surface area contributed by atoms with E-state index in [2.05, 4.69) is 4.99 Å². The van der Waals surface area contributed by atoms with Gasteiger partial charge in [0, 0.05) is 5.02 Å². The normalized spacial score (nSPS) is 23.1. The highest BCUT2D eigenvalue weighted by atomic mass is 35.5. The van der Waals surface area contributed by atoms with Crippen LogP contribution < -0.4 is 0 Å². The largest absolute Gasteiger partial charge is 0.507 e. The van der Waals surface area contributed by atoms with E-state index in [1.54, 1.807) is 6.92 Å². The Morgan fingerprint density at radius 3 is 2.90 bits per heavy atom. The van der Waals surface area contributed by atoms with E-state index in [4.69, 9.17) is 21.4 Å². The van der Waals surface area contributed by atoms with E-state index in [9.17, 15) is 15.0 Å². The Bertz CT molecular complexity index is 560. The van der Waals surface area contributed by atoms with Crippen molar-refractivity contribution in [1.29, 1.82) is 0 Å². The van der Waals surface area contributed by atoms with Gasteiger partial charge in [-0.15, -0.1) is 0 Å². The molecule has 1 aliphatic heterocycles. The van der Waals surface area contributed by atoms with Gasteiger partial charge in [-0.05, 0) is 25.1 Å². The van der Waals surface area contributed by atoms with Crippen molar-refractivity contribution in [3.8, 4) is 5.75 Å². The van der Waals surface area contributed by atoms with Gasteiger partial charge in [0.2, 0.25) is 5.90 Å². The number of ether oxygens (including phenoxy) is 1. The summed E-state index contributed by atoms with van der Waals surface area (Å²) in [7, 11) is 0. The number of hydrogen-bond donors (Lipinski definition) is 3. The van der Waals surface area contributed by atoms with E-state index < -0.39 is 30.6 Å². The molecular weight excluding hydrogens is 286 g/mol. The van der Waals surface area contributed by atoms with Crippen molar-refractivity contribution in [3.63, 3.8) is 0 Å². The maximum Gasteiger partial charge on any atom is 0.306 e. The molecule has 108 valence electrons. The fourth-order valence-electron chi connectivity index (χ4n) is 2.03. The minimum Gasteiger partial charge on any atom is -0.507 e. The zero-order valence-electron chi connectivity index (χ0n) is 10.7. The summed E-state index contributed by atoms with van der Waals surface area (Å²) < 4.78 is 5.48. The summed E-state index contributed by atoms with van der Waals surface area (Å²) >= 11 is 5.85. The van der Waals surface area contributed by atoms with Crippen LogP contribution in [0.15, 0.2) is 23.2 Å². The lowest BCUT2D eigenvalue weighted by molar-refractivity contribution is -0.139. The lowest BCUT2D eigenvalue weighted by Crippen LogP contribution is -2.33. The molecule has 0 saturated carbocycles. The summed E-state index contributed by atoms with van der Waals surface area (Å²) in [6, 6.07) is 3.74. The molecule has 3 atom stereocenters. The van der Waals surface area contributed by atoms with Gasteiger partial charge in [0.1, 0.15) is 17.9 Å². The number of phenols is 1. The number of nitrogens with zero attached hydrogens (tertiary/aromatic N) is 1. The van der Waals surface area contributed by atoms with Crippen LogP contribution in [0.3, 0.4) is 0 Å². The third-order valence-corrected chi connectivity index (χ3v) is 3.25. The second kappa shape index (κ2) is 5.68. The maximum atomic E-state index is 10.6. The number of hydrogen-bond acceptors (Lipinski definition) is 5. The van der Waals surface area contributed by atoms with Crippen LogP contribution in [0.25, 0.3) is 0 Å². The lowest BCUT2D eigenvalue weighted by atomic mass is 10.0. The first kappa shape index (κ1) is 14.6. The van der Waals surface area contributed by atoms with E-state index in [1.807, 2.05) is 0 Å². The standard InChI is InChI=1S/C13H14ClNO5/c1-6-12(10(17)5-11(18)19)15-13(20-6)8-4-7(14)2-3-9(8)16/h2-4,6,10,12,16-17H,5H2,1H3,(H,18,19)/t6-,10+,12+/m1/s1. The Morgan fingerprint density at radius 1 is 1.55 bits per heavy atom. The van der Waals surface area contributed by atoms with Gasteiger partial charge in [-0.25, -0.2) is 4.99 Å². The highest BCUT2D eigenvalue weighted by Crippen LogP contribution is 2.28. The van der Waals surface area contributed by atoms with E-state index >= 15 is 0 Å². The van der Waals surface area contributed by atoms with Crippen molar-refractivity contribution in [2.75, 3.05) is 0 Å². The molecule has 0 fully saturated rings. The molecule has 1 aromatic rings. The first-order valence-electron chi connectivity index (χ1n) is 6.01. The summed E-state index contributed by atoms with van der Waals surface area (Å²) in [5.74, 6) is -1.01. The number of carboxylic acid groups (broad SMARTS) is 1. The smallest absolute Gasteiger partial charge is 0.306 e. The lowest BCUT2D eigenvalue weighted by Gasteiger charge is -2.17. The first-order valence-corrected chi connectivity index (χ1v) is 6.39.